The number of anilines is 1. The summed E-state index contributed by atoms with van der Waals surface area (Å²) in [5, 5.41) is 5.29. The number of urea groups is 1. The van der Waals surface area contributed by atoms with Crippen LogP contribution in [-0.4, -0.2) is 55.1 Å². The van der Waals surface area contributed by atoms with Gasteiger partial charge >= 0.3 is 6.03 Å². The highest BCUT2D eigenvalue weighted by molar-refractivity contribution is 7.89. The van der Waals surface area contributed by atoms with Gasteiger partial charge in [-0.1, -0.05) is 30.3 Å². The summed E-state index contributed by atoms with van der Waals surface area (Å²) in [7, 11) is -3.63. The first kappa shape index (κ1) is 22.9. The lowest BCUT2D eigenvalue weighted by molar-refractivity contribution is -0.133. The molecule has 10 heteroatoms. The topological polar surface area (TPSA) is 116 Å². The molecule has 2 aromatic carbocycles. The summed E-state index contributed by atoms with van der Waals surface area (Å²) in [5.41, 5.74) is 0.503. The molecule has 2 aliphatic rings. The second-order valence-electron chi connectivity index (χ2n) is 8.45. The molecule has 2 fully saturated rings. The van der Waals surface area contributed by atoms with Gasteiger partial charge < -0.3 is 10.6 Å². The molecule has 4 rings (SSSR count). The summed E-state index contributed by atoms with van der Waals surface area (Å²) in [6.45, 7) is 3.92. The Morgan fingerprint density at radius 3 is 2.48 bits per heavy atom. The summed E-state index contributed by atoms with van der Waals surface area (Å²) in [4.78, 5) is 39.2. The summed E-state index contributed by atoms with van der Waals surface area (Å²) in [6, 6.07) is 12.5. The van der Waals surface area contributed by atoms with Crippen LogP contribution in [0, 0.1) is 6.92 Å². The minimum atomic E-state index is -3.63. The normalized spacial score (nSPS) is 21.3. The zero-order chi connectivity index (χ0) is 23.8. The van der Waals surface area contributed by atoms with Crippen LogP contribution in [0.1, 0.15) is 30.9 Å². The van der Waals surface area contributed by atoms with Gasteiger partial charge in [-0.05, 0) is 56.0 Å². The second-order valence-corrected chi connectivity index (χ2v) is 10.4. The molecular weight excluding hydrogens is 444 g/mol. The van der Waals surface area contributed by atoms with E-state index in [0.29, 0.717) is 18.7 Å². The molecule has 2 N–H and O–H groups in total. The molecule has 0 saturated carbocycles. The number of imide groups is 1. The molecule has 2 aromatic rings. The van der Waals surface area contributed by atoms with Gasteiger partial charge in [0.15, 0.2) is 0 Å². The van der Waals surface area contributed by atoms with Gasteiger partial charge in [0.25, 0.3) is 5.91 Å². The van der Waals surface area contributed by atoms with Crippen molar-refractivity contribution in [2.24, 2.45) is 0 Å². The van der Waals surface area contributed by atoms with Crippen molar-refractivity contribution in [3.8, 4) is 0 Å². The third-order valence-electron chi connectivity index (χ3n) is 6.08. The summed E-state index contributed by atoms with van der Waals surface area (Å²) in [6.07, 6.45) is 1.64. The average molecular weight is 471 g/mol. The lowest BCUT2D eigenvalue weighted by atomic mass is 9.88. The lowest BCUT2D eigenvalue weighted by Crippen LogP contribution is -2.42. The largest absolute Gasteiger partial charge is 0.325 e. The van der Waals surface area contributed by atoms with Gasteiger partial charge in [-0.3, -0.25) is 14.5 Å². The molecule has 33 heavy (non-hydrogen) atoms. The molecule has 1 unspecified atom stereocenters. The molecule has 0 aromatic heterocycles. The highest BCUT2D eigenvalue weighted by Crippen LogP contribution is 2.31. The summed E-state index contributed by atoms with van der Waals surface area (Å²) in [5.74, 6) is -1.13. The third kappa shape index (κ3) is 4.23. The van der Waals surface area contributed by atoms with E-state index in [-0.39, 0.29) is 10.6 Å². The number of benzene rings is 2. The number of amides is 4. The number of hydrogen-bond acceptors (Lipinski definition) is 5. The van der Waals surface area contributed by atoms with Crippen molar-refractivity contribution in [3.05, 3.63) is 59.7 Å². The Balaban J connectivity index is 1.48. The SMILES string of the molecule is Cc1ccccc1C1(C)NC(=O)N(CC(=O)Nc2cccc(S(=O)(=O)N3CCCC3)c2)C1=O. The Bertz CT molecular complexity index is 1220. The van der Waals surface area contributed by atoms with Gasteiger partial charge in [0, 0.05) is 18.8 Å². The molecule has 2 heterocycles. The highest BCUT2D eigenvalue weighted by Gasteiger charge is 2.50. The fourth-order valence-corrected chi connectivity index (χ4v) is 5.88. The first-order valence-corrected chi connectivity index (χ1v) is 12.2. The Labute approximate surface area is 192 Å². The van der Waals surface area contributed by atoms with Crippen LogP contribution in [0.3, 0.4) is 0 Å². The fourth-order valence-electron chi connectivity index (χ4n) is 4.31. The number of rotatable bonds is 6. The predicted octanol–water partition coefficient (Wildman–Crippen LogP) is 2.19. The molecule has 174 valence electrons. The molecule has 2 saturated heterocycles. The Morgan fingerprint density at radius 2 is 1.79 bits per heavy atom. The quantitative estimate of drug-likeness (QED) is 0.628. The maximum absolute atomic E-state index is 13.1. The number of nitrogens with zero attached hydrogens (tertiary/aromatic N) is 2. The van der Waals surface area contributed by atoms with E-state index in [0.717, 1.165) is 23.3 Å². The molecule has 2 aliphatic heterocycles. The molecule has 1 atom stereocenters. The molecular formula is C23H26N4O5S. The molecule has 9 nitrogen and oxygen atoms in total. The van der Waals surface area contributed by atoms with Crippen molar-refractivity contribution in [1.82, 2.24) is 14.5 Å². The van der Waals surface area contributed by atoms with Crippen LogP contribution in [0.2, 0.25) is 0 Å². The van der Waals surface area contributed by atoms with Gasteiger partial charge in [0.1, 0.15) is 12.1 Å². The highest BCUT2D eigenvalue weighted by atomic mass is 32.2. The van der Waals surface area contributed by atoms with Gasteiger partial charge in [0.05, 0.1) is 4.90 Å². The van der Waals surface area contributed by atoms with Crippen molar-refractivity contribution < 1.29 is 22.8 Å². The average Bonchev–Trinajstić information content (AvgIpc) is 3.39. The van der Waals surface area contributed by atoms with Crippen LogP contribution in [-0.2, 0) is 25.2 Å². The van der Waals surface area contributed by atoms with Gasteiger partial charge in [-0.15, -0.1) is 0 Å². The number of carbonyl (C=O) groups is 3. The first-order valence-electron chi connectivity index (χ1n) is 10.7. The van der Waals surface area contributed by atoms with Crippen molar-refractivity contribution in [2.45, 2.75) is 37.1 Å². The van der Waals surface area contributed by atoms with Crippen LogP contribution >= 0.6 is 0 Å². The number of aryl methyl sites for hydroxylation is 1. The van der Waals surface area contributed by atoms with Crippen LogP contribution in [0.4, 0.5) is 10.5 Å². The minimum Gasteiger partial charge on any atom is -0.324 e. The summed E-state index contributed by atoms with van der Waals surface area (Å²) < 4.78 is 27.0. The maximum Gasteiger partial charge on any atom is 0.325 e. The number of hydrogen-bond donors (Lipinski definition) is 2. The number of carbonyl (C=O) groups excluding carboxylic acids is 3. The standard InChI is InChI=1S/C23H26N4O5S/c1-16-8-3-4-11-19(16)23(2)21(29)27(22(30)25-23)15-20(28)24-17-9-7-10-18(14-17)33(31,32)26-12-5-6-13-26/h3-4,7-11,14H,5-6,12-13,15H2,1-2H3,(H,24,28)(H,25,30). The van der Waals surface area contributed by atoms with E-state index < -0.39 is 40.0 Å². The molecule has 0 radical (unpaired) electrons. The Kier molecular flexibility index (Phi) is 5.98. The van der Waals surface area contributed by atoms with E-state index in [1.807, 2.05) is 19.1 Å². The van der Waals surface area contributed by atoms with Crippen LogP contribution in [0.15, 0.2) is 53.4 Å². The number of nitrogens with one attached hydrogen (secondary N) is 2. The van der Waals surface area contributed by atoms with Gasteiger partial charge in [-0.25, -0.2) is 13.2 Å². The van der Waals surface area contributed by atoms with Crippen molar-refractivity contribution >= 4 is 33.6 Å². The van der Waals surface area contributed by atoms with E-state index in [4.69, 9.17) is 0 Å². The van der Waals surface area contributed by atoms with Gasteiger partial charge in [0.2, 0.25) is 15.9 Å². The smallest absolute Gasteiger partial charge is 0.324 e. The van der Waals surface area contributed by atoms with Crippen LogP contribution in [0.25, 0.3) is 0 Å². The van der Waals surface area contributed by atoms with Crippen molar-refractivity contribution in [1.29, 1.82) is 0 Å². The third-order valence-corrected chi connectivity index (χ3v) is 7.98. The monoisotopic (exact) mass is 470 g/mol. The number of sulfonamides is 1. The molecule has 0 spiro atoms. The minimum absolute atomic E-state index is 0.0873. The Morgan fingerprint density at radius 1 is 1.09 bits per heavy atom. The van der Waals surface area contributed by atoms with E-state index in [2.05, 4.69) is 10.6 Å². The summed E-state index contributed by atoms with van der Waals surface area (Å²) >= 11 is 0. The zero-order valence-corrected chi connectivity index (χ0v) is 19.3. The van der Waals surface area contributed by atoms with Crippen molar-refractivity contribution in [3.63, 3.8) is 0 Å². The molecule has 0 aliphatic carbocycles. The first-order chi connectivity index (χ1) is 15.6. The van der Waals surface area contributed by atoms with Crippen molar-refractivity contribution in [2.75, 3.05) is 25.0 Å². The maximum atomic E-state index is 13.1. The predicted molar refractivity (Wildman–Crippen MR) is 122 cm³/mol. The second kappa shape index (κ2) is 8.60. The van der Waals surface area contributed by atoms with Crippen LogP contribution < -0.4 is 10.6 Å². The van der Waals surface area contributed by atoms with E-state index in [1.54, 1.807) is 31.2 Å². The molecule has 4 amide bonds. The van der Waals surface area contributed by atoms with E-state index in [1.165, 1.54) is 16.4 Å². The van der Waals surface area contributed by atoms with E-state index >= 15 is 0 Å². The lowest BCUT2D eigenvalue weighted by Gasteiger charge is -2.24. The molecule has 0 bridgehead atoms. The zero-order valence-electron chi connectivity index (χ0n) is 18.5. The van der Waals surface area contributed by atoms with Gasteiger partial charge in [-0.2, -0.15) is 4.31 Å². The fraction of sp³-hybridized carbons (Fsp3) is 0.348. The van der Waals surface area contributed by atoms with Crippen LogP contribution in [0.5, 0.6) is 0 Å². The van der Waals surface area contributed by atoms with E-state index in [9.17, 15) is 22.8 Å². The Hall–Kier alpha value is -3.24.